The highest BCUT2D eigenvalue weighted by atomic mass is 79.9. The molecule has 1 aromatic carbocycles. The molecular weight excluding hydrogens is 384 g/mol. The van der Waals surface area contributed by atoms with Gasteiger partial charge in [0.25, 0.3) is 0 Å². The molecule has 1 fully saturated rings. The molecule has 1 aliphatic rings. The first-order chi connectivity index (χ1) is 9.45. The van der Waals surface area contributed by atoms with Crippen LogP contribution in [0.4, 0.5) is 0 Å². The molecule has 1 saturated heterocycles. The maximum atomic E-state index is 5.98. The second-order valence-electron chi connectivity index (χ2n) is 5.50. The molecule has 0 bridgehead atoms. The predicted molar refractivity (Wildman–Crippen MR) is 89.6 cm³/mol. The van der Waals surface area contributed by atoms with Crippen LogP contribution >= 0.6 is 31.9 Å². The third-order valence-corrected chi connectivity index (χ3v) is 5.82. The fraction of sp³-hybridized carbons (Fsp3) is 0.625. The number of hydrogen-bond acceptors (Lipinski definition) is 2. The van der Waals surface area contributed by atoms with Gasteiger partial charge >= 0.3 is 0 Å². The number of hydrogen-bond donors (Lipinski definition) is 0. The van der Waals surface area contributed by atoms with E-state index in [0.717, 1.165) is 10.2 Å². The summed E-state index contributed by atoms with van der Waals surface area (Å²) in [5.41, 5.74) is 1.20. The molecule has 0 aliphatic carbocycles. The molecule has 2 rings (SSSR count). The van der Waals surface area contributed by atoms with E-state index in [9.17, 15) is 0 Å². The molecule has 0 amide bonds. The van der Waals surface area contributed by atoms with Gasteiger partial charge < -0.3 is 9.47 Å². The molecule has 0 aromatic heterocycles. The van der Waals surface area contributed by atoms with Crippen molar-refractivity contribution in [2.24, 2.45) is 11.8 Å². The molecule has 0 saturated carbocycles. The van der Waals surface area contributed by atoms with Crippen LogP contribution in [0.5, 0.6) is 5.75 Å². The molecule has 5 atom stereocenters. The number of rotatable bonds is 4. The molecule has 1 heterocycles. The average molecular weight is 406 g/mol. The summed E-state index contributed by atoms with van der Waals surface area (Å²) < 4.78 is 12.8. The molecule has 2 nitrogen and oxygen atoms in total. The van der Waals surface area contributed by atoms with Gasteiger partial charge in [-0.05, 0) is 44.9 Å². The van der Waals surface area contributed by atoms with Gasteiger partial charge in [0.1, 0.15) is 5.75 Å². The second-order valence-corrected chi connectivity index (χ2v) is 7.40. The van der Waals surface area contributed by atoms with Crippen LogP contribution in [0.3, 0.4) is 0 Å². The minimum atomic E-state index is 0.233. The van der Waals surface area contributed by atoms with Crippen LogP contribution in [-0.2, 0) is 4.74 Å². The number of alkyl halides is 1. The van der Waals surface area contributed by atoms with Gasteiger partial charge in [0, 0.05) is 20.8 Å². The molecule has 0 spiro atoms. The summed E-state index contributed by atoms with van der Waals surface area (Å²) in [5, 5.41) is 0. The minimum absolute atomic E-state index is 0.233. The van der Waals surface area contributed by atoms with E-state index in [4.69, 9.17) is 9.47 Å². The topological polar surface area (TPSA) is 18.5 Å². The molecular formula is C16H22Br2O2. The van der Waals surface area contributed by atoms with E-state index in [1.165, 1.54) is 5.56 Å². The van der Waals surface area contributed by atoms with Crippen LogP contribution in [0.2, 0.25) is 0 Å². The van der Waals surface area contributed by atoms with Gasteiger partial charge in [0.2, 0.25) is 0 Å². The van der Waals surface area contributed by atoms with Crippen molar-refractivity contribution in [1.29, 1.82) is 0 Å². The normalized spacial score (nSPS) is 31.3. The first kappa shape index (κ1) is 16.3. The summed E-state index contributed by atoms with van der Waals surface area (Å²) in [6.45, 7) is 9.28. The maximum absolute atomic E-state index is 5.98. The molecule has 1 aliphatic heterocycles. The zero-order chi connectivity index (χ0) is 14.9. The monoisotopic (exact) mass is 404 g/mol. The van der Waals surface area contributed by atoms with Crippen LogP contribution in [0, 0.1) is 11.8 Å². The summed E-state index contributed by atoms with van der Waals surface area (Å²) in [4.78, 5) is 0.233. The van der Waals surface area contributed by atoms with Crippen molar-refractivity contribution in [2.45, 2.75) is 44.7 Å². The van der Waals surface area contributed by atoms with Gasteiger partial charge in [0.15, 0.2) is 0 Å². The van der Waals surface area contributed by atoms with Gasteiger partial charge in [-0.2, -0.15) is 0 Å². The first-order valence-electron chi connectivity index (χ1n) is 7.17. The van der Waals surface area contributed by atoms with E-state index < -0.39 is 0 Å². The number of benzene rings is 1. The summed E-state index contributed by atoms with van der Waals surface area (Å²) in [6, 6.07) is 6.20. The van der Waals surface area contributed by atoms with Crippen LogP contribution in [0.1, 0.15) is 38.1 Å². The molecule has 5 unspecified atom stereocenters. The molecule has 20 heavy (non-hydrogen) atoms. The predicted octanol–water partition coefficient (Wildman–Crippen LogP) is 5.34. The van der Waals surface area contributed by atoms with Crippen LogP contribution in [-0.4, -0.2) is 18.8 Å². The van der Waals surface area contributed by atoms with Crippen molar-refractivity contribution in [3.8, 4) is 5.75 Å². The van der Waals surface area contributed by atoms with Crippen molar-refractivity contribution in [3.63, 3.8) is 0 Å². The number of halogens is 2. The lowest BCUT2D eigenvalue weighted by atomic mass is 9.84. The Morgan fingerprint density at radius 3 is 2.50 bits per heavy atom. The van der Waals surface area contributed by atoms with E-state index in [-0.39, 0.29) is 10.9 Å². The van der Waals surface area contributed by atoms with Gasteiger partial charge in [-0.15, -0.1) is 0 Å². The Labute approximate surface area is 138 Å². The van der Waals surface area contributed by atoms with Crippen LogP contribution in [0.25, 0.3) is 0 Å². The van der Waals surface area contributed by atoms with Crippen LogP contribution < -0.4 is 4.74 Å². The lowest BCUT2D eigenvalue weighted by Gasteiger charge is -2.26. The summed E-state index contributed by atoms with van der Waals surface area (Å²) >= 11 is 7.45. The fourth-order valence-corrected chi connectivity index (χ4v) is 4.68. The molecule has 0 radical (unpaired) electrons. The minimum Gasteiger partial charge on any atom is -0.494 e. The van der Waals surface area contributed by atoms with E-state index >= 15 is 0 Å². The molecule has 112 valence electrons. The van der Waals surface area contributed by atoms with E-state index in [1.54, 1.807) is 0 Å². The maximum Gasteiger partial charge on any atom is 0.123 e. The van der Waals surface area contributed by atoms with Crippen molar-refractivity contribution < 1.29 is 9.47 Å². The SMILES string of the molecule is CCOc1ccc(Br)cc1C(Br)C1C(C)OC(C)C1C. The lowest BCUT2D eigenvalue weighted by molar-refractivity contribution is 0.0510. The van der Waals surface area contributed by atoms with Gasteiger partial charge in [0.05, 0.1) is 18.8 Å². The Balaban J connectivity index is 2.32. The molecule has 0 N–H and O–H groups in total. The van der Waals surface area contributed by atoms with Crippen molar-refractivity contribution in [3.05, 3.63) is 28.2 Å². The van der Waals surface area contributed by atoms with Crippen LogP contribution in [0.15, 0.2) is 22.7 Å². The fourth-order valence-electron chi connectivity index (χ4n) is 3.03. The Morgan fingerprint density at radius 1 is 1.25 bits per heavy atom. The Hall–Kier alpha value is -0.0600. The molecule has 4 heteroatoms. The highest BCUT2D eigenvalue weighted by Crippen LogP contribution is 2.47. The quantitative estimate of drug-likeness (QED) is 0.629. The highest BCUT2D eigenvalue weighted by Gasteiger charge is 2.42. The van der Waals surface area contributed by atoms with Gasteiger partial charge in [-0.3, -0.25) is 0 Å². The summed E-state index contributed by atoms with van der Waals surface area (Å²) in [5.74, 6) is 1.91. The Kier molecular flexibility index (Phi) is 5.55. The standard InChI is InChI=1S/C16H22Br2O2/c1-5-19-14-7-6-12(17)8-13(14)16(18)15-9(2)10(3)20-11(15)4/h6-11,15-16H,5H2,1-4H3. The summed E-state index contributed by atoms with van der Waals surface area (Å²) in [7, 11) is 0. The third-order valence-electron chi connectivity index (χ3n) is 4.23. The first-order valence-corrected chi connectivity index (χ1v) is 8.88. The van der Waals surface area contributed by atoms with Crippen molar-refractivity contribution >= 4 is 31.9 Å². The van der Waals surface area contributed by atoms with Crippen molar-refractivity contribution in [1.82, 2.24) is 0 Å². The zero-order valence-electron chi connectivity index (χ0n) is 12.4. The average Bonchev–Trinajstić information content (AvgIpc) is 2.65. The molecule has 1 aromatic rings. The zero-order valence-corrected chi connectivity index (χ0v) is 15.6. The van der Waals surface area contributed by atoms with E-state index in [2.05, 4.69) is 58.7 Å². The third kappa shape index (κ3) is 3.23. The summed E-state index contributed by atoms with van der Waals surface area (Å²) in [6.07, 6.45) is 0.551. The smallest absolute Gasteiger partial charge is 0.123 e. The highest BCUT2D eigenvalue weighted by molar-refractivity contribution is 9.10. The van der Waals surface area contributed by atoms with Gasteiger partial charge in [-0.1, -0.05) is 38.8 Å². The Morgan fingerprint density at radius 2 is 1.95 bits per heavy atom. The largest absolute Gasteiger partial charge is 0.494 e. The number of ether oxygens (including phenoxy) is 2. The lowest BCUT2D eigenvalue weighted by Crippen LogP contribution is -2.22. The van der Waals surface area contributed by atoms with Gasteiger partial charge in [-0.25, -0.2) is 0 Å². The van der Waals surface area contributed by atoms with E-state index in [1.807, 2.05) is 19.1 Å². The second kappa shape index (κ2) is 6.80. The van der Waals surface area contributed by atoms with E-state index in [0.29, 0.717) is 24.5 Å². The van der Waals surface area contributed by atoms with Crippen molar-refractivity contribution in [2.75, 3.05) is 6.61 Å². The Bertz CT molecular complexity index is 464.